The highest BCUT2D eigenvalue weighted by atomic mass is 32.2. The van der Waals surface area contributed by atoms with Crippen molar-refractivity contribution in [1.82, 2.24) is 9.62 Å². The van der Waals surface area contributed by atoms with Crippen LogP contribution < -0.4 is 19.5 Å². The van der Waals surface area contributed by atoms with Gasteiger partial charge in [-0.05, 0) is 49.2 Å². The number of hydrogen-bond donors (Lipinski definition) is 2. The molecule has 2 aliphatic heterocycles. The molecule has 0 spiro atoms. The first-order valence-corrected chi connectivity index (χ1v) is 12.0. The van der Waals surface area contributed by atoms with Crippen LogP contribution in [-0.4, -0.2) is 62.9 Å². The molecule has 0 aliphatic carbocycles. The summed E-state index contributed by atoms with van der Waals surface area (Å²) in [5.74, 6) is 0.280. The van der Waals surface area contributed by atoms with E-state index in [9.17, 15) is 22.7 Å². The van der Waals surface area contributed by atoms with Crippen LogP contribution in [0.1, 0.15) is 12.8 Å². The number of halogens is 1. The zero-order valence-corrected chi connectivity index (χ0v) is 18.6. The highest BCUT2D eigenvalue weighted by Gasteiger charge is 2.33. The van der Waals surface area contributed by atoms with Gasteiger partial charge in [0, 0.05) is 25.7 Å². The van der Waals surface area contributed by atoms with Gasteiger partial charge in [0.05, 0.1) is 10.8 Å². The maximum atomic E-state index is 13.1. The van der Waals surface area contributed by atoms with E-state index in [0.29, 0.717) is 30.1 Å². The summed E-state index contributed by atoms with van der Waals surface area (Å²) < 4.78 is 56.1. The number of ether oxygens (including phenoxy) is 3. The summed E-state index contributed by atoms with van der Waals surface area (Å²) in [6.45, 7) is 0.377. The third kappa shape index (κ3) is 5.55. The highest BCUT2D eigenvalue weighted by Crippen LogP contribution is 2.35. The minimum atomic E-state index is -3.82. The molecule has 2 N–H and O–H groups in total. The van der Waals surface area contributed by atoms with E-state index in [1.54, 1.807) is 18.2 Å². The van der Waals surface area contributed by atoms with Crippen LogP contribution in [0, 0.1) is 11.7 Å². The highest BCUT2D eigenvalue weighted by molar-refractivity contribution is 7.89. The number of piperidine rings is 1. The minimum absolute atomic E-state index is 0.0129. The van der Waals surface area contributed by atoms with Gasteiger partial charge in [0.25, 0.3) is 0 Å². The predicted octanol–water partition coefficient (Wildman–Crippen LogP) is 1.51. The topological polar surface area (TPSA) is 114 Å². The molecule has 2 atom stereocenters. The van der Waals surface area contributed by atoms with Gasteiger partial charge in [0.2, 0.25) is 22.7 Å². The first-order valence-electron chi connectivity index (χ1n) is 10.6. The zero-order valence-electron chi connectivity index (χ0n) is 17.8. The number of nitrogens with zero attached hydrogens (tertiary/aromatic N) is 1. The summed E-state index contributed by atoms with van der Waals surface area (Å²) in [5.41, 5.74) is 0. The van der Waals surface area contributed by atoms with Crippen molar-refractivity contribution >= 4 is 15.9 Å². The summed E-state index contributed by atoms with van der Waals surface area (Å²) in [6.07, 6.45) is 0.0984. The molecular weight excluding hydrogens is 455 g/mol. The number of sulfonamides is 1. The summed E-state index contributed by atoms with van der Waals surface area (Å²) >= 11 is 0. The van der Waals surface area contributed by atoms with Gasteiger partial charge >= 0.3 is 0 Å². The normalized spacial score (nSPS) is 19.2. The van der Waals surface area contributed by atoms with Crippen LogP contribution in [0.4, 0.5) is 4.39 Å². The van der Waals surface area contributed by atoms with E-state index >= 15 is 0 Å². The Labute approximate surface area is 191 Å². The molecule has 11 heteroatoms. The van der Waals surface area contributed by atoms with Gasteiger partial charge in [-0.2, -0.15) is 4.31 Å². The number of hydrogen-bond acceptors (Lipinski definition) is 7. The van der Waals surface area contributed by atoms with Gasteiger partial charge in [-0.25, -0.2) is 12.8 Å². The Morgan fingerprint density at radius 3 is 2.76 bits per heavy atom. The largest absolute Gasteiger partial charge is 0.491 e. The van der Waals surface area contributed by atoms with Gasteiger partial charge in [-0.3, -0.25) is 4.79 Å². The third-order valence-corrected chi connectivity index (χ3v) is 7.38. The lowest BCUT2D eigenvalue weighted by atomic mass is 9.99. The number of amides is 1. The average Bonchev–Trinajstić information content (AvgIpc) is 3.29. The standard InChI is InChI=1S/C22H25FN2O7S/c23-16-3-6-19(7-4-16)33(28,29)25-9-1-2-15(12-25)22(27)24-11-17(26)13-30-18-5-8-20-21(10-18)32-14-31-20/h3-8,10,15,17,26H,1-2,9,11-14H2,(H,24,27). The van der Waals surface area contributed by atoms with E-state index in [2.05, 4.69) is 5.32 Å². The van der Waals surface area contributed by atoms with E-state index in [1.807, 2.05) is 0 Å². The quantitative estimate of drug-likeness (QED) is 0.589. The molecule has 0 saturated carbocycles. The number of carbonyl (C=O) groups is 1. The Balaban J connectivity index is 1.26. The van der Waals surface area contributed by atoms with Crippen molar-refractivity contribution in [2.45, 2.75) is 23.8 Å². The van der Waals surface area contributed by atoms with Gasteiger partial charge < -0.3 is 24.6 Å². The van der Waals surface area contributed by atoms with E-state index in [1.165, 1.54) is 16.4 Å². The molecule has 2 heterocycles. The SMILES string of the molecule is O=C(NCC(O)COc1ccc2c(c1)OCO2)C1CCCN(S(=O)(=O)c2ccc(F)cc2)C1. The fraction of sp³-hybridized carbons (Fsp3) is 0.409. The maximum absolute atomic E-state index is 13.1. The Kier molecular flexibility index (Phi) is 7.01. The summed E-state index contributed by atoms with van der Waals surface area (Å²) in [7, 11) is -3.82. The van der Waals surface area contributed by atoms with E-state index in [-0.39, 0.29) is 43.8 Å². The van der Waals surface area contributed by atoms with Gasteiger partial charge in [-0.15, -0.1) is 0 Å². The van der Waals surface area contributed by atoms with Gasteiger partial charge in [-0.1, -0.05) is 0 Å². The lowest BCUT2D eigenvalue weighted by Gasteiger charge is -2.31. The van der Waals surface area contributed by atoms with Crippen LogP contribution in [0.2, 0.25) is 0 Å². The fourth-order valence-corrected chi connectivity index (χ4v) is 5.23. The maximum Gasteiger partial charge on any atom is 0.243 e. The predicted molar refractivity (Wildman–Crippen MR) is 115 cm³/mol. The summed E-state index contributed by atoms with van der Waals surface area (Å²) in [5, 5.41) is 12.8. The molecule has 4 rings (SSSR count). The Bertz CT molecular complexity index is 1090. The first-order chi connectivity index (χ1) is 15.8. The van der Waals surface area contributed by atoms with Crippen LogP contribution in [0.3, 0.4) is 0 Å². The average molecular weight is 481 g/mol. The van der Waals surface area contributed by atoms with Crippen molar-refractivity contribution < 1.29 is 36.9 Å². The van der Waals surface area contributed by atoms with Crippen LogP contribution in [0.25, 0.3) is 0 Å². The summed E-state index contributed by atoms with van der Waals surface area (Å²) in [6, 6.07) is 9.67. The number of aliphatic hydroxyl groups excluding tert-OH is 1. The lowest BCUT2D eigenvalue weighted by Crippen LogP contribution is -2.47. The second kappa shape index (κ2) is 9.94. The zero-order chi connectivity index (χ0) is 23.4. The molecule has 33 heavy (non-hydrogen) atoms. The van der Waals surface area contributed by atoms with Crippen molar-refractivity contribution in [3.8, 4) is 17.2 Å². The molecule has 0 bridgehead atoms. The number of carbonyl (C=O) groups excluding carboxylic acids is 1. The lowest BCUT2D eigenvalue weighted by molar-refractivity contribution is -0.126. The number of rotatable bonds is 8. The molecule has 178 valence electrons. The van der Waals surface area contributed by atoms with E-state index < -0.39 is 27.9 Å². The van der Waals surface area contributed by atoms with Crippen LogP contribution in [0.5, 0.6) is 17.2 Å². The van der Waals surface area contributed by atoms with Crippen LogP contribution in [0.15, 0.2) is 47.4 Å². The Morgan fingerprint density at radius 2 is 1.97 bits per heavy atom. The molecule has 0 aromatic heterocycles. The fourth-order valence-electron chi connectivity index (χ4n) is 3.71. The second-order valence-corrected chi connectivity index (χ2v) is 9.82. The minimum Gasteiger partial charge on any atom is -0.491 e. The van der Waals surface area contributed by atoms with Gasteiger partial charge in [0.15, 0.2) is 11.5 Å². The molecule has 2 unspecified atom stereocenters. The molecule has 0 radical (unpaired) electrons. The third-order valence-electron chi connectivity index (χ3n) is 5.50. The van der Waals surface area contributed by atoms with Crippen molar-refractivity contribution in [2.24, 2.45) is 5.92 Å². The molecule has 1 saturated heterocycles. The smallest absolute Gasteiger partial charge is 0.243 e. The summed E-state index contributed by atoms with van der Waals surface area (Å²) in [4.78, 5) is 12.6. The monoisotopic (exact) mass is 480 g/mol. The number of aliphatic hydroxyl groups is 1. The molecular formula is C22H25FN2O7S. The molecule has 1 amide bonds. The molecule has 2 aromatic rings. The number of fused-ring (bicyclic) bond motifs is 1. The number of nitrogens with one attached hydrogen (secondary N) is 1. The van der Waals surface area contributed by atoms with Crippen molar-refractivity contribution in [1.29, 1.82) is 0 Å². The van der Waals surface area contributed by atoms with E-state index in [0.717, 1.165) is 12.1 Å². The Hall–Kier alpha value is -2.89. The van der Waals surface area contributed by atoms with Crippen molar-refractivity contribution in [3.63, 3.8) is 0 Å². The Morgan fingerprint density at radius 1 is 1.21 bits per heavy atom. The number of benzene rings is 2. The second-order valence-electron chi connectivity index (χ2n) is 7.88. The van der Waals surface area contributed by atoms with Crippen LogP contribution in [-0.2, 0) is 14.8 Å². The molecule has 9 nitrogen and oxygen atoms in total. The van der Waals surface area contributed by atoms with Gasteiger partial charge in [0.1, 0.15) is 24.3 Å². The molecule has 2 aromatic carbocycles. The van der Waals surface area contributed by atoms with Crippen LogP contribution >= 0.6 is 0 Å². The molecule has 2 aliphatic rings. The molecule has 1 fully saturated rings. The van der Waals surface area contributed by atoms with Crippen molar-refractivity contribution in [2.75, 3.05) is 33.0 Å². The van der Waals surface area contributed by atoms with E-state index in [4.69, 9.17) is 14.2 Å². The first kappa shape index (κ1) is 23.3. The van der Waals surface area contributed by atoms with Crippen molar-refractivity contribution in [3.05, 3.63) is 48.3 Å².